The number of hydrogen-bond acceptors (Lipinski definition) is 35. The SMILES string of the molecule is CO[C@@H]1[C@@H](OC)[C@H](OP(=O)(O)O)[C@H](OCCOCCO[C@H]2[C@H](OC)[C@H](OCCOCCO[C@H]3[C@@H](OP(=O)(O)O)[C@H](OC)[C@@H](OC)[C@H](OP(=O)(O)O)[C@H]3OP(=O)(O)O)[C@H](OC)[C@@H](OCCOCCO[C@H]3[C@@H](OC)[C@H](OP(=O)(O)O)[C@@H](OC)[C@H](OC)[C@H]3OP(=O)(O)O)[C@@H]2OP(=O)(O)O)[C@H](OP(=O)(O)O)[C@H]1OC. The lowest BCUT2D eigenvalue weighted by atomic mass is 9.84. The van der Waals surface area contributed by atoms with Gasteiger partial charge in [0.25, 0.3) is 0 Å². The van der Waals surface area contributed by atoms with Crippen LogP contribution >= 0.6 is 62.6 Å². The second-order valence-electron chi connectivity index (χ2n) is 22.3. The van der Waals surface area contributed by atoms with Crippen molar-refractivity contribution in [3.8, 4) is 0 Å². The third kappa shape index (κ3) is 31.3. The highest BCUT2D eigenvalue weighted by molar-refractivity contribution is 7.48. The first kappa shape index (κ1) is 97.5. The summed E-state index contributed by atoms with van der Waals surface area (Å²) in [5.41, 5.74) is 0. The Bertz CT molecular complexity index is 2900. The first-order valence-corrected chi connectivity index (χ1v) is 42.6. The zero-order valence-corrected chi connectivity index (χ0v) is 64.5. The average molecular weight is 1710 g/mol. The molecular weight excluding hydrogens is 1620 g/mol. The van der Waals surface area contributed by atoms with Crippen LogP contribution < -0.4 is 0 Å². The second kappa shape index (κ2) is 43.7. The molecule has 0 bridgehead atoms. The molecule has 4 aliphatic carbocycles. The summed E-state index contributed by atoms with van der Waals surface area (Å²) >= 11 is 0. The van der Waals surface area contributed by atoms with E-state index in [0.29, 0.717) is 0 Å². The standard InChI is InChI=1S/C46H94O51P8/c1-71-23-24(72-2)41(92-100(53,54)55)37(42(25(23)73-3)93-101(56,57)58)88-21-15-83-13-19-86-35-31(79-9)33(84-17-11-81-16-22-89-38-43(94-102(59,60)61)28(76-6)29(77-7)44(95-103(62,63)64)46(38)97-105(68,69)70)30(78-8)34(45(35)96-104(65,66)67)85-18-12-82-14-20-87-36-32(80-10)39(90-98(47,48)49)26(74-4)27(75-5)40(36)91-99(50,51)52/h23-46H,11-22H2,1-10H3,(H2,47,48,49)(H2,50,51,52)(H2,53,54,55)(H2,56,57,58)(H2,59,60,61)(H2,62,63,64)(H2,65,66,67)(H2,68,69,70)/t23-,24-,25+,26-,27-,28+,29+,30-,31+,32+,33+,34+,35-,36-,37+,38-,39+,40+,41+,42-,43-,44-,45-,46-/m0/s1. The van der Waals surface area contributed by atoms with E-state index in [1.165, 1.54) is 0 Å². The van der Waals surface area contributed by atoms with Crippen LogP contribution in [0.5, 0.6) is 0 Å². The summed E-state index contributed by atoms with van der Waals surface area (Å²) in [5, 5.41) is 0. The summed E-state index contributed by atoms with van der Waals surface area (Å²) in [6.45, 7) is -6.15. The molecule has 51 nitrogen and oxygen atoms in total. The Hall–Kier alpha value is 0.120. The van der Waals surface area contributed by atoms with Gasteiger partial charge < -0.3 is 168 Å². The van der Waals surface area contributed by atoms with Crippen molar-refractivity contribution in [3.63, 3.8) is 0 Å². The summed E-state index contributed by atoms with van der Waals surface area (Å²) in [4.78, 5) is 159. The molecule has 0 saturated heterocycles. The monoisotopic (exact) mass is 1710 g/mol. The Labute approximate surface area is 598 Å². The van der Waals surface area contributed by atoms with Crippen molar-refractivity contribution in [2.75, 3.05) is 150 Å². The Morgan fingerprint density at radius 3 is 0.419 bits per heavy atom. The molecule has 0 aromatic heterocycles. The van der Waals surface area contributed by atoms with Crippen molar-refractivity contribution < 1.29 is 241 Å². The summed E-state index contributed by atoms with van der Waals surface area (Å²) in [5.74, 6) is 0. The molecule has 105 heavy (non-hydrogen) atoms. The van der Waals surface area contributed by atoms with E-state index in [0.717, 1.165) is 71.1 Å². The second-order valence-corrected chi connectivity index (χ2v) is 31.9. The Morgan fingerprint density at radius 2 is 0.257 bits per heavy atom. The molecule has 24 atom stereocenters. The van der Waals surface area contributed by atoms with Crippen LogP contribution in [0.3, 0.4) is 0 Å². The van der Waals surface area contributed by atoms with Crippen molar-refractivity contribution in [3.05, 3.63) is 0 Å². The number of methoxy groups -OCH3 is 10. The van der Waals surface area contributed by atoms with Gasteiger partial charge in [0.05, 0.1) is 79.3 Å². The fourth-order valence-corrected chi connectivity index (χ4v) is 16.8. The largest absolute Gasteiger partial charge is 0.470 e. The first-order valence-electron chi connectivity index (χ1n) is 30.3. The van der Waals surface area contributed by atoms with Crippen LogP contribution in [-0.2, 0) is 163 Å². The summed E-state index contributed by atoms with van der Waals surface area (Å²) in [6.07, 6.45) is -41.7. The minimum absolute atomic E-state index is 0.425. The lowest BCUT2D eigenvalue weighted by Gasteiger charge is -2.48. The molecule has 16 N–H and O–H groups in total. The van der Waals surface area contributed by atoms with Crippen LogP contribution in [0, 0.1) is 0 Å². The van der Waals surface area contributed by atoms with Gasteiger partial charge in [0, 0.05) is 71.1 Å². The van der Waals surface area contributed by atoms with Crippen LogP contribution in [0.2, 0.25) is 0 Å². The summed E-state index contributed by atoms with van der Waals surface area (Å²) in [7, 11) is -33.6. The van der Waals surface area contributed by atoms with Gasteiger partial charge in [0.1, 0.15) is 146 Å². The van der Waals surface area contributed by atoms with E-state index >= 15 is 0 Å². The van der Waals surface area contributed by atoms with E-state index in [1.54, 1.807) is 0 Å². The molecule has 0 unspecified atom stereocenters. The lowest BCUT2D eigenvalue weighted by Crippen LogP contribution is -2.67. The van der Waals surface area contributed by atoms with Gasteiger partial charge in [-0.1, -0.05) is 0 Å². The number of phosphoric ester groups is 8. The topological polar surface area (TPSA) is 709 Å². The van der Waals surface area contributed by atoms with E-state index in [4.69, 9.17) is 126 Å². The molecule has 0 heterocycles. The van der Waals surface area contributed by atoms with Crippen LogP contribution in [-0.4, -0.2) is 375 Å². The third-order valence-electron chi connectivity index (χ3n) is 15.8. The molecule has 0 amide bonds. The van der Waals surface area contributed by atoms with Gasteiger partial charge in [-0.2, -0.15) is 0 Å². The van der Waals surface area contributed by atoms with Gasteiger partial charge in [0.2, 0.25) is 0 Å². The molecule has 0 aromatic carbocycles. The predicted octanol–water partition coefficient (Wildman–Crippen LogP) is -4.62. The maximum atomic E-state index is 12.9. The highest BCUT2D eigenvalue weighted by Gasteiger charge is 2.62. The molecular formula is C46H94O51P8. The van der Waals surface area contributed by atoms with Crippen LogP contribution in [0.4, 0.5) is 0 Å². The quantitative estimate of drug-likeness (QED) is 0.0201. The van der Waals surface area contributed by atoms with Gasteiger partial charge in [-0.05, 0) is 0 Å². The van der Waals surface area contributed by atoms with Gasteiger partial charge in [-0.15, -0.1) is 0 Å². The molecule has 0 radical (unpaired) electrons. The minimum Gasteiger partial charge on any atom is -0.377 e. The molecule has 4 rings (SSSR count). The van der Waals surface area contributed by atoms with Crippen molar-refractivity contribution in [2.24, 2.45) is 0 Å². The molecule has 0 aromatic rings. The van der Waals surface area contributed by atoms with Gasteiger partial charge in [-0.3, -0.25) is 36.2 Å². The van der Waals surface area contributed by atoms with Crippen molar-refractivity contribution >= 4 is 62.6 Å². The van der Waals surface area contributed by atoms with Gasteiger partial charge in [0.15, 0.2) is 0 Å². The zero-order chi connectivity index (χ0) is 79.4. The van der Waals surface area contributed by atoms with Crippen LogP contribution in [0.15, 0.2) is 0 Å². The Balaban J connectivity index is 1.62. The zero-order valence-electron chi connectivity index (χ0n) is 57.4. The number of phosphoric acid groups is 8. The molecule has 624 valence electrons. The first-order chi connectivity index (χ1) is 48.7. The maximum Gasteiger partial charge on any atom is 0.470 e. The molecule has 4 saturated carbocycles. The van der Waals surface area contributed by atoms with E-state index < -0.39 is 288 Å². The van der Waals surface area contributed by atoms with E-state index in [1.807, 2.05) is 0 Å². The molecule has 0 spiro atoms. The lowest BCUT2D eigenvalue weighted by molar-refractivity contribution is -0.266. The van der Waals surface area contributed by atoms with Gasteiger partial charge in [-0.25, -0.2) is 36.5 Å². The van der Waals surface area contributed by atoms with Crippen molar-refractivity contribution in [1.82, 2.24) is 0 Å². The summed E-state index contributed by atoms with van der Waals surface area (Å²) < 4.78 is 246. The number of hydrogen-bond donors (Lipinski definition) is 16. The van der Waals surface area contributed by atoms with E-state index in [-0.39, 0.29) is 0 Å². The van der Waals surface area contributed by atoms with Crippen molar-refractivity contribution in [1.29, 1.82) is 0 Å². The fourth-order valence-electron chi connectivity index (χ4n) is 12.3. The summed E-state index contributed by atoms with van der Waals surface area (Å²) in [6, 6.07) is 0. The fraction of sp³-hybridized carbons (Fsp3) is 1.00. The van der Waals surface area contributed by atoms with Crippen LogP contribution in [0.25, 0.3) is 0 Å². The van der Waals surface area contributed by atoms with E-state index in [2.05, 4.69) is 0 Å². The average Bonchev–Trinajstić information content (AvgIpc) is 0.795. The predicted molar refractivity (Wildman–Crippen MR) is 334 cm³/mol. The highest BCUT2D eigenvalue weighted by Crippen LogP contribution is 2.53. The smallest absolute Gasteiger partial charge is 0.377 e. The van der Waals surface area contributed by atoms with Gasteiger partial charge >= 0.3 is 62.6 Å². The highest BCUT2D eigenvalue weighted by atomic mass is 31.2. The third-order valence-corrected chi connectivity index (χ3v) is 19.9. The van der Waals surface area contributed by atoms with Crippen LogP contribution in [0.1, 0.15) is 0 Å². The number of rotatable bonds is 50. The van der Waals surface area contributed by atoms with Crippen molar-refractivity contribution in [2.45, 2.75) is 146 Å². The molecule has 0 aliphatic heterocycles. The van der Waals surface area contributed by atoms with E-state index in [9.17, 15) is 115 Å². The maximum absolute atomic E-state index is 12.9. The Morgan fingerprint density at radius 1 is 0.162 bits per heavy atom. The minimum atomic E-state index is -5.72. The molecule has 4 aliphatic rings. The number of ether oxygens (including phenoxy) is 19. The Kier molecular flexibility index (Phi) is 40.6. The molecule has 59 heteroatoms. The molecule has 4 fully saturated rings. The normalized spacial score (nSPS) is 33.7.